The Bertz CT molecular complexity index is 738. The second kappa shape index (κ2) is 7.62. The van der Waals surface area contributed by atoms with Crippen LogP contribution in [-0.2, 0) is 0 Å². The summed E-state index contributed by atoms with van der Waals surface area (Å²) in [6, 6.07) is 8.83. The Kier molecular flexibility index (Phi) is 5.80. The summed E-state index contributed by atoms with van der Waals surface area (Å²) in [5, 5.41) is 7.19. The van der Waals surface area contributed by atoms with E-state index in [9.17, 15) is 9.59 Å². The second-order valence-electron chi connectivity index (χ2n) is 5.96. The van der Waals surface area contributed by atoms with Crippen LogP contribution in [0.25, 0.3) is 10.9 Å². The van der Waals surface area contributed by atoms with Gasteiger partial charge in [0.25, 0.3) is 5.91 Å². The van der Waals surface area contributed by atoms with Crippen LogP contribution in [0.2, 0.25) is 0 Å². The van der Waals surface area contributed by atoms with Gasteiger partial charge in [-0.1, -0.05) is 18.2 Å². The molecule has 0 aliphatic carbocycles. The Hall–Kier alpha value is -1.85. The van der Waals surface area contributed by atoms with Gasteiger partial charge in [-0.2, -0.15) is 0 Å². The number of hydrogen-bond donors (Lipinski definition) is 3. The summed E-state index contributed by atoms with van der Waals surface area (Å²) in [6.45, 7) is 4.01. The molecule has 1 aliphatic rings. The summed E-state index contributed by atoms with van der Waals surface area (Å²) in [6.07, 6.45) is 2.25. The van der Waals surface area contributed by atoms with Crippen LogP contribution in [0.3, 0.4) is 0 Å². The minimum atomic E-state index is -0.254. The van der Waals surface area contributed by atoms with E-state index in [1.165, 1.54) is 6.07 Å². The summed E-state index contributed by atoms with van der Waals surface area (Å²) < 4.78 is 0. The number of rotatable bonds is 3. The van der Waals surface area contributed by atoms with Gasteiger partial charge in [-0.25, -0.2) is 0 Å². The zero-order valence-corrected chi connectivity index (χ0v) is 13.9. The maximum atomic E-state index is 12.6. The zero-order chi connectivity index (χ0) is 15.5. The van der Waals surface area contributed by atoms with Gasteiger partial charge in [0.2, 0.25) is 5.56 Å². The van der Waals surface area contributed by atoms with Crippen molar-refractivity contribution < 1.29 is 4.79 Å². The molecule has 0 spiro atoms. The molecule has 2 unspecified atom stereocenters. The number of para-hydroxylation sites is 1. The van der Waals surface area contributed by atoms with Crippen LogP contribution in [0.5, 0.6) is 0 Å². The Labute approximate surface area is 141 Å². The van der Waals surface area contributed by atoms with Crippen LogP contribution in [-0.4, -0.2) is 30.0 Å². The molecule has 0 saturated carbocycles. The molecular weight excluding hydrogens is 314 g/mol. The van der Waals surface area contributed by atoms with Crippen LogP contribution < -0.4 is 16.2 Å². The van der Waals surface area contributed by atoms with Crippen molar-refractivity contribution in [1.29, 1.82) is 0 Å². The fourth-order valence-corrected chi connectivity index (χ4v) is 3.10. The summed E-state index contributed by atoms with van der Waals surface area (Å²) in [4.78, 5) is 27.1. The predicted molar refractivity (Wildman–Crippen MR) is 94.3 cm³/mol. The maximum Gasteiger partial charge on any atom is 0.252 e. The molecule has 3 rings (SSSR count). The summed E-state index contributed by atoms with van der Waals surface area (Å²) in [5.74, 6) is 0.256. The van der Waals surface area contributed by atoms with Crippen LogP contribution in [0.1, 0.15) is 30.1 Å². The number of benzene rings is 1. The molecule has 1 saturated heterocycles. The van der Waals surface area contributed by atoms with Crippen molar-refractivity contribution in [3.05, 3.63) is 46.2 Å². The number of hydrogen-bond acceptors (Lipinski definition) is 3. The minimum Gasteiger partial charge on any atom is -0.349 e. The van der Waals surface area contributed by atoms with Crippen LogP contribution >= 0.6 is 12.4 Å². The first-order chi connectivity index (χ1) is 10.6. The van der Waals surface area contributed by atoms with E-state index in [0.717, 1.165) is 31.3 Å². The molecule has 2 atom stereocenters. The van der Waals surface area contributed by atoms with Crippen molar-refractivity contribution in [2.24, 2.45) is 5.92 Å². The molecule has 2 aromatic rings. The third kappa shape index (κ3) is 3.92. The van der Waals surface area contributed by atoms with Crippen molar-refractivity contribution in [3.8, 4) is 0 Å². The molecule has 1 fully saturated rings. The fourth-order valence-electron chi connectivity index (χ4n) is 3.10. The number of aromatic amines is 1. The number of carbonyl (C=O) groups excluding carboxylic acids is 1. The second-order valence-corrected chi connectivity index (χ2v) is 5.96. The van der Waals surface area contributed by atoms with E-state index >= 15 is 0 Å². The fraction of sp³-hybridized carbons (Fsp3) is 0.412. The van der Waals surface area contributed by atoms with Gasteiger partial charge in [0.1, 0.15) is 0 Å². The third-order valence-electron chi connectivity index (χ3n) is 4.40. The normalized spacial score (nSPS) is 18.9. The SMILES string of the molecule is CC(NC(=O)c1cc(=O)[nH]c2ccccc12)C1CCCNC1.Cl. The van der Waals surface area contributed by atoms with Crippen molar-refractivity contribution in [3.63, 3.8) is 0 Å². The number of carbonyl (C=O) groups is 1. The topological polar surface area (TPSA) is 74.0 Å². The van der Waals surface area contributed by atoms with Gasteiger partial charge < -0.3 is 15.6 Å². The first-order valence-electron chi connectivity index (χ1n) is 7.79. The van der Waals surface area contributed by atoms with Gasteiger partial charge in [0.05, 0.1) is 5.56 Å². The average molecular weight is 336 g/mol. The predicted octanol–water partition coefficient (Wildman–Crippen LogP) is 2.07. The summed E-state index contributed by atoms with van der Waals surface area (Å²) in [7, 11) is 0. The lowest BCUT2D eigenvalue weighted by Crippen LogP contribution is -2.44. The first-order valence-corrected chi connectivity index (χ1v) is 7.79. The Morgan fingerprint density at radius 1 is 1.35 bits per heavy atom. The quantitative estimate of drug-likeness (QED) is 0.804. The molecule has 23 heavy (non-hydrogen) atoms. The number of fused-ring (bicyclic) bond motifs is 1. The van der Waals surface area contributed by atoms with Crippen molar-refractivity contribution in [2.75, 3.05) is 13.1 Å². The molecule has 1 amide bonds. The third-order valence-corrected chi connectivity index (χ3v) is 4.40. The molecule has 6 heteroatoms. The smallest absolute Gasteiger partial charge is 0.252 e. The van der Waals surface area contributed by atoms with E-state index in [1.54, 1.807) is 0 Å². The van der Waals surface area contributed by atoms with E-state index in [2.05, 4.69) is 15.6 Å². The monoisotopic (exact) mass is 335 g/mol. The lowest BCUT2D eigenvalue weighted by atomic mass is 9.92. The van der Waals surface area contributed by atoms with Crippen molar-refractivity contribution in [2.45, 2.75) is 25.8 Å². The van der Waals surface area contributed by atoms with E-state index in [0.29, 0.717) is 17.0 Å². The van der Waals surface area contributed by atoms with Crippen LogP contribution in [0.15, 0.2) is 35.1 Å². The van der Waals surface area contributed by atoms with E-state index in [-0.39, 0.29) is 29.9 Å². The Morgan fingerprint density at radius 3 is 2.87 bits per heavy atom. The van der Waals surface area contributed by atoms with Gasteiger partial charge in [-0.3, -0.25) is 9.59 Å². The molecule has 124 valence electrons. The number of H-pyrrole nitrogens is 1. The highest BCUT2D eigenvalue weighted by Gasteiger charge is 2.22. The van der Waals surface area contributed by atoms with Crippen LogP contribution in [0.4, 0.5) is 0 Å². The molecule has 0 bridgehead atoms. The van der Waals surface area contributed by atoms with Crippen LogP contribution in [0, 0.1) is 5.92 Å². The molecule has 1 aliphatic heterocycles. The molecular formula is C17H22ClN3O2. The number of nitrogens with one attached hydrogen (secondary N) is 3. The molecule has 5 nitrogen and oxygen atoms in total. The molecule has 0 radical (unpaired) electrons. The van der Waals surface area contributed by atoms with E-state index in [4.69, 9.17) is 0 Å². The Balaban J connectivity index is 0.00000192. The molecule has 2 heterocycles. The average Bonchev–Trinajstić information content (AvgIpc) is 2.54. The number of piperidine rings is 1. The molecule has 3 N–H and O–H groups in total. The summed E-state index contributed by atoms with van der Waals surface area (Å²) in [5.41, 5.74) is 0.873. The van der Waals surface area contributed by atoms with Crippen molar-refractivity contribution in [1.82, 2.24) is 15.6 Å². The maximum absolute atomic E-state index is 12.6. The summed E-state index contributed by atoms with van der Waals surface area (Å²) >= 11 is 0. The standard InChI is InChI=1S/C17H21N3O2.ClH/c1-11(12-5-4-8-18-10-12)19-17(22)14-9-16(21)20-15-7-3-2-6-13(14)15;/h2-3,6-7,9,11-12,18H,4-5,8,10H2,1H3,(H,19,22)(H,20,21);1H. The van der Waals surface area contributed by atoms with Gasteiger partial charge in [0.15, 0.2) is 0 Å². The zero-order valence-electron chi connectivity index (χ0n) is 13.1. The highest BCUT2D eigenvalue weighted by Crippen LogP contribution is 2.17. The van der Waals surface area contributed by atoms with Crippen molar-refractivity contribution >= 4 is 29.2 Å². The molecule has 1 aromatic carbocycles. The lowest BCUT2D eigenvalue weighted by Gasteiger charge is -2.29. The number of aromatic nitrogens is 1. The van der Waals surface area contributed by atoms with E-state index in [1.807, 2.05) is 31.2 Å². The number of amides is 1. The van der Waals surface area contributed by atoms with E-state index < -0.39 is 0 Å². The highest BCUT2D eigenvalue weighted by atomic mass is 35.5. The van der Waals surface area contributed by atoms with Gasteiger partial charge in [-0.05, 0) is 44.8 Å². The first kappa shape index (κ1) is 17.5. The lowest BCUT2D eigenvalue weighted by molar-refractivity contribution is 0.0923. The minimum absolute atomic E-state index is 0. The molecule has 1 aromatic heterocycles. The Morgan fingerprint density at radius 2 is 2.13 bits per heavy atom. The van der Waals surface area contributed by atoms with Gasteiger partial charge in [0, 0.05) is 23.0 Å². The number of halogens is 1. The number of pyridine rings is 1. The van der Waals surface area contributed by atoms with Gasteiger partial charge >= 0.3 is 0 Å². The van der Waals surface area contributed by atoms with Gasteiger partial charge in [-0.15, -0.1) is 12.4 Å². The largest absolute Gasteiger partial charge is 0.349 e. The highest BCUT2D eigenvalue weighted by molar-refractivity contribution is 6.06.